The lowest BCUT2D eigenvalue weighted by Gasteiger charge is -2.07. The molecule has 10 nitrogen and oxygen atoms in total. The quantitative estimate of drug-likeness (QED) is 0.229. The van der Waals surface area contributed by atoms with Crippen molar-refractivity contribution in [2.75, 3.05) is 107 Å². The smallest absolute Gasteiger partial charge is 0.222 e. The molecule has 0 saturated carbocycles. The third-order valence-electron chi connectivity index (χ3n) is 3.53. The Morgan fingerprint density at radius 1 is 0.710 bits per heavy atom. The first-order chi connectivity index (χ1) is 15.1. The Balaban J connectivity index is -0.000000278. The fourth-order valence-electron chi connectivity index (χ4n) is 1.84. The van der Waals surface area contributed by atoms with Crippen LogP contribution in [0.5, 0.6) is 0 Å². The van der Waals surface area contributed by atoms with Crippen molar-refractivity contribution >= 4 is 5.91 Å². The van der Waals surface area contributed by atoms with Gasteiger partial charge in [0.05, 0.1) is 72.7 Å². The Kier molecular flexibility index (Phi) is 30.4. The van der Waals surface area contributed by atoms with Crippen LogP contribution in [0.1, 0.15) is 23.1 Å². The topological polar surface area (TPSA) is 120 Å². The monoisotopic (exact) mass is 458 g/mol. The molecule has 0 rings (SSSR count). The number of nitrogens with one attached hydrogen (secondary N) is 1. The minimum absolute atomic E-state index is 0. The second kappa shape index (κ2) is 29.1. The van der Waals surface area contributed by atoms with Gasteiger partial charge in [0, 0.05) is 42.7 Å². The van der Waals surface area contributed by atoms with E-state index in [-0.39, 0.29) is 14.7 Å². The van der Waals surface area contributed by atoms with Gasteiger partial charge in [-0.25, -0.2) is 0 Å². The molecule has 0 spiro atoms. The van der Waals surface area contributed by atoms with Crippen LogP contribution in [0.4, 0.5) is 0 Å². The Morgan fingerprint density at radius 2 is 1.10 bits per heavy atom. The van der Waals surface area contributed by atoms with Crippen LogP contribution in [0.2, 0.25) is 0 Å². The summed E-state index contributed by atoms with van der Waals surface area (Å²) < 4.78 is 36.0. The highest BCUT2D eigenvalue weighted by molar-refractivity contribution is 5.77. The summed E-state index contributed by atoms with van der Waals surface area (Å²) in [5.74, 6) is 0.193. The Morgan fingerprint density at radius 3 is 1.45 bits per heavy atom. The second-order valence-electron chi connectivity index (χ2n) is 6.64. The lowest BCUT2D eigenvalue weighted by Crippen LogP contribution is -2.29. The summed E-state index contributed by atoms with van der Waals surface area (Å²) >= 11 is 0. The normalized spacial score (nSPS) is 10.8. The molecular weight excluding hydrogens is 408 g/mol. The molecule has 0 aliphatic heterocycles. The molecule has 0 heterocycles. The van der Waals surface area contributed by atoms with Gasteiger partial charge in [0.1, 0.15) is 0 Å². The number of carbonyl (C=O) groups excluding carboxylic acids is 1. The Hall–Kier alpha value is -0.850. The largest absolute Gasteiger partial charge is 0.385 e. The van der Waals surface area contributed by atoms with E-state index in [4.69, 9.17) is 38.9 Å². The van der Waals surface area contributed by atoms with Crippen LogP contribution in [0, 0.1) is 5.92 Å². The van der Waals surface area contributed by atoms with Gasteiger partial charge < -0.3 is 44.2 Å². The van der Waals surface area contributed by atoms with Crippen LogP contribution in [-0.4, -0.2) is 112 Å². The van der Waals surface area contributed by atoms with E-state index in [1.165, 1.54) is 0 Å². The van der Waals surface area contributed by atoms with Crippen molar-refractivity contribution in [1.29, 1.82) is 0 Å². The fourth-order valence-corrected chi connectivity index (χ4v) is 1.84. The van der Waals surface area contributed by atoms with Gasteiger partial charge in [-0.1, -0.05) is 13.8 Å². The van der Waals surface area contributed by atoms with Gasteiger partial charge in [0.25, 0.3) is 0 Å². The first kappa shape index (κ1) is 32.3. The van der Waals surface area contributed by atoms with E-state index in [0.717, 1.165) is 6.42 Å². The molecule has 0 radical (unpaired) electrons. The predicted molar refractivity (Wildman–Crippen MR) is 124 cm³/mol. The summed E-state index contributed by atoms with van der Waals surface area (Å²) in [7, 11) is 3.30. The van der Waals surface area contributed by atoms with E-state index in [9.17, 15) is 4.79 Å². The highest BCUT2D eigenvalue weighted by Crippen LogP contribution is 1.90. The molecule has 0 fully saturated rings. The molecule has 3 N–H and O–H groups in total. The number of ether oxygens (including phenoxy) is 7. The number of rotatable bonds is 22. The average Bonchev–Trinajstić information content (AvgIpc) is 2.76. The van der Waals surface area contributed by atoms with E-state index in [1.54, 1.807) is 14.2 Å². The maximum absolute atomic E-state index is 11.0. The Bertz CT molecular complexity index is 342. The molecule has 0 atom stereocenters. The molecule has 192 valence electrons. The van der Waals surface area contributed by atoms with Gasteiger partial charge in [0.15, 0.2) is 0 Å². The molecule has 0 saturated heterocycles. The molecule has 0 aromatic carbocycles. The molecule has 0 bridgehead atoms. The van der Waals surface area contributed by atoms with Crippen molar-refractivity contribution in [3.63, 3.8) is 0 Å². The average molecular weight is 459 g/mol. The van der Waals surface area contributed by atoms with E-state index in [0.29, 0.717) is 92.4 Å². The van der Waals surface area contributed by atoms with Crippen LogP contribution in [-0.2, 0) is 38.0 Å². The van der Waals surface area contributed by atoms with E-state index < -0.39 is 0 Å². The van der Waals surface area contributed by atoms with Gasteiger partial charge in [-0.2, -0.15) is 0 Å². The fraction of sp³-hybridized carbons (Fsp3) is 0.952. The zero-order valence-electron chi connectivity index (χ0n) is 20.0. The molecule has 0 unspecified atom stereocenters. The van der Waals surface area contributed by atoms with Crippen LogP contribution in [0.15, 0.2) is 0 Å². The third-order valence-corrected chi connectivity index (χ3v) is 3.53. The van der Waals surface area contributed by atoms with E-state index >= 15 is 0 Å². The van der Waals surface area contributed by atoms with Gasteiger partial charge in [-0.05, 0) is 6.42 Å². The number of hydrogen-bond acceptors (Lipinski definition) is 9. The lowest BCUT2D eigenvalue weighted by molar-refractivity contribution is -0.124. The zero-order valence-corrected chi connectivity index (χ0v) is 20.0. The number of carbonyl (C=O) groups is 1. The molecule has 10 heteroatoms. The Labute approximate surface area is 191 Å². The van der Waals surface area contributed by atoms with Crippen molar-refractivity contribution in [1.82, 2.24) is 5.32 Å². The third kappa shape index (κ3) is 31.4. The summed E-state index contributed by atoms with van der Waals surface area (Å²) in [5.41, 5.74) is 5.28. The van der Waals surface area contributed by atoms with Crippen LogP contribution < -0.4 is 11.1 Å². The highest BCUT2D eigenvalue weighted by Gasteiger charge is 2.04. The molecular formula is C21H50N2O8. The van der Waals surface area contributed by atoms with E-state index in [1.807, 2.05) is 13.8 Å². The first-order valence-electron chi connectivity index (χ1n) is 10.9. The highest BCUT2D eigenvalue weighted by atomic mass is 16.6. The molecule has 0 aromatic heterocycles. The van der Waals surface area contributed by atoms with Crippen LogP contribution >= 0.6 is 0 Å². The van der Waals surface area contributed by atoms with Crippen molar-refractivity contribution in [3.05, 3.63) is 0 Å². The maximum Gasteiger partial charge on any atom is 0.222 e. The summed E-state index contributed by atoms with van der Waals surface area (Å²) in [4.78, 5) is 11.0. The lowest BCUT2D eigenvalue weighted by atomic mass is 10.2. The number of methoxy groups -OCH3 is 2. The van der Waals surface area contributed by atoms with Gasteiger partial charge >= 0.3 is 0 Å². The van der Waals surface area contributed by atoms with Gasteiger partial charge in [-0.15, -0.1) is 0 Å². The minimum Gasteiger partial charge on any atom is -0.385 e. The van der Waals surface area contributed by atoms with Gasteiger partial charge in [-0.3, -0.25) is 4.79 Å². The molecule has 0 aliphatic carbocycles. The minimum atomic E-state index is 0. The number of amides is 1. The molecule has 0 aliphatic rings. The van der Waals surface area contributed by atoms with Crippen molar-refractivity contribution in [3.8, 4) is 0 Å². The van der Waals surface area contributed by atoms with Crippen molar-refractivity contribution in [2.24, 2.45) is 11.7 Å². The van der Waals surface area contributed by atoms with Crippen LogP contribution in [0.3, 0.4) is 0 Å². The summed E-state index contributed by atoms with van der Waals surface area (Å²) in [5, 5.41) is 2.80. The SMILES string of the molecule is COCCCNC(=O)C(C)C.COCCOCCOCCOCCOCCOCCN.[HH].[HH]. The summed E-state index contributed by atoms with van der Waals surface area (Å²) in [6, 6.07) is 0. The standard InChI is InChI=1S/C13H29NO6.C8H17NO2.2H2/c1-15-4-5-17-8-9-19-12-13-20-11-10-18-7-6-16-3-2-14;1-7(2)8(10)9-5-4-6-11-3;;/h2-14H2,1H3;7H,4-6H2,1-3H3,(H,9,10);2*1H. The van der Waals surface area contributed by atoms with E-state index in [2.05, 4.69) is 5.32 Å². The number of hydrogen-bond donors (Lipinski definition) is 2. The second-order valence-corrected chi connectivity index (χ2v) is 6.64. The molecule has 1 amide bonds. The predicted octanol–water partition coefficient (Wildman–Crippen LogP) is 0.962. The zero-order chi connectivity index (χ0) is 23.4. The van der Waals surface area contributed by atoms with Crippen molar-refractivity contribution in [2.45, 2.75) is 20.3 Å². The molecule has 31 heavy (non-hydrogen) atoms. The summed E-state index contributed by atoms with van der Waals surface area (Å²) in [6.07, 6.45) is 0.884. The van der Waals surface area contributed by atoms with Crippen LogP contribution in [0.25, 0.3) is 0 Å². The first-order valence-corrected chi connectivity index (χ1v) is 10.9. The van der Waals surface area contributed by atoms with Crippen molar-refractivity contribution < 1.29 is 40.8 Å². The summed E-state index contributed by atoms with van der Waals surface area (Å²) in [6.45, 7) is 12.0. The maximum atomic E-state index is 11.0. The van der Waals surface area contributed by atoms with Gasteiger partial charge in [0.2, 0.25) is 5.91 Å². The number of nitrogens with two attached hydrogens (primary N) is 1. The molecule has 0 aromatic rings.